The van der Waals surface area contributed by atoms with Crippen LogP contribution >= 0.6 is 0 Å². The third-order valence-electron chi connectivity index (χ3n) is 0.859. The third-order valence-corrected chi connectivity index (χ3v) is 0.859. The second-order valence-corrected chi connectivity index (χ2v) is 1.56. The summed E-state index contributed by atoms with van der Waals surface area (Å²) in [5.41, 5.74) is 0. The molecular weight excluding hydrogens is 158 g/mol. The van der Waals surface area contributed by atoms with E-state index in [2.05, 4.69) is 31.9 Å². The number of hydrogen-bond acceptors (Lipinski definition) is 7. The van der Waals surface area contributed by atoms with Gasteiger partial charge in [-0.25, -0.2) is 0 Å². The lowest BCUT2D eigenvalue weighted by Crippen LogP contribution is -2.01. The van der Waals surface area contributed by atoms with Crippen molar-refractivity contribution in [1.82, 2.24) is 15.0 Å². The molecule has 7 heteroatoms. The molecule has 0 fully saturated rings. The van der Waals surface area contributed by atoms with Gasteiger partial charge in [-0.05, 0) is 0 Å². The van der Waals surface area contributed by atoms with Gasteiger partial charge >= 0.3 is 0 Å². The molecule has 0 bridgehead atoms. The molecule has 2 N–H and O–H groups in total. The topological polar surface area (TPSA) is 110 Å². The average Bonchev–Trinajstić information content (AvgIpc) is 2.06. The van der Waals surface area contributed by atoms with Gasteiger partial charge in [0.05, 0.1) is 0 Å². The molecule has 1 heterocycles. The minimum Gasteiger partial charge on any atom is -0.261 e. The van der Waals surface area contributed by atoms with E-state index in [1.54, 1.807) is 12.4 Å². The van der Waals surface area contributed by atoms with Crippen LogP contribution in [0.25, 0.3) is 0 Å². The molecule has 0 aliphatic rings. The number of nitrogens with one attached hydrogen (secondary N) is 2. The van der Waals surface area contributed by atoms with Crippen LogP contribution in [0.1, 0.15) is 0 Å². The van der Waals surface area contributed by atoms with Gasteiger partial charge in [0, 0.05) is 0 Å². The van der Waals surface area contributed by atoms with E-state index in [-0.39, 0.29) is 11.9 Å². The predicted octanol–water partition coefficient (Wildman–Crippen LogP) is -0.542. The van der Waals surface area contributed by atoms with Crippen molar-refractivity contribution in [3.8, 4) is 12.4 Å². The van der Waals surface area contributed by atoms with Crippen molar-refractivity contribution < 1.29 is 0 Å². The Balaban J connectivity index is 2.84. The first kappa shape index (κ1) is 7.69. The SMILES string of the molecule is N#CNc1n[c]nc(NC#N)n1. The van der Waals surface area contributed by atoms with Gasteiger partial charge in [0.2, 0.25) is 18.2 Å². The zero-order chi connectivity index (χ0) is 8.81. The zero-order valence-electron chi connectivity index (χ0n) is 5.74. The van der Waals surface area contributed by atoms with Gasteiger partial charge in [0.15, 0.2) is 12.4 Å². The van der Waals surface area contributed by atoms with Gasteiger partial charge in [-0.15, -0.1) is 0 Å². The van der Waals surface area contributed by atoms with Crippen molar-refractivity contribution in [3.63, 3.8) is 0 Å². The second-order valence-electron chi connectivity index (χ2n) is 1.56. The molecule has 0 aromatic carbocycles. The average molecular weight is 160 g/mol. The molecule has 7 nitrogen and oxygen atoms in total. The maximum absolute atomic E-state index is 8.18. The van der Waals surface area contributed by atoms with Gasteiger partial charge in [0.1, 0.15) is 0 Å². The molecule has 57 valence electrons. The maximum Gasteiger partial charge on any atom is 0.241 e. The van der Waals surface area contributed by atoms with E-state index in [0.29, 0.717) is 0 Å². The summed E-state index contributed by atoms with van der Waals surface area (Å²) in [5.74, 6) is 0.0931. The van der Waals surface area contributed by atoms with Crippen molar-refractivity contribution >= 4 is 11.9 Å². The number of nitriles is 2. The van der Waals surface area contributed by atoms with Gasteiger partial charge in [-0.3, -0.25) is 10.6 Å². The zero-order valence-corrected chi connectivity index (χ0v) is 5.74. The van der Waals surface area contributed by atoms with Gasteiger partial charge in [-0.1, -0.05) is 0 Å². The maximum atomic E-state index is 8.18. The largest absolute Gasteiger partial charge is 0.261 e. The number of anilines is 2. The van der Waals surface area contributed by atoms with Crippen LogP contribution in [0.15, 0.2) is 0 Å². The lowest BCUT2D eigenvalue weighted by molar-refractivity contribution is 1.05. The van der Waals surface area contributed by atoms with Crippen LogP contribution in [0, 0.1) is 29.2 Å². The highest BCUT2D eigenvalue weighted by molar-refractivity contribution is 5.37. The summed E-state index contributed by atoms with van der Waals surface area (Å²) in [6.07, 6.45) is 5.45. The number of rotatable bonds is 2. The van der Waals surface area contributed by atoms with E-state index in [9.17, 15) is 0 Å². The van der Waals surface area contributed by atoms with Crippen molar-refractivity contribution in [1.29, 1.82) is 10.5 Å². The summed E-state index contributed by atoms with van der Waals surface area (Å²) in [6.45, 7) is 0. The molecular formula is C5H2N7. The quantitative estimate of drug-likeness (QED) is 0.441. The Morgan fingerprint density at radius 1 is 1.08 bits per heavy atom. The number of aromatic nitrogens is 3. The molecule has 0 atom stereocenters. The van der Waals surface area contributed by atoms with Crippen molar-refractivity contribution in [2.75, 3.05) is 10.6 Å². The van der Waals surface area contributed by atoms with Crippen LogP contribution < -0.4 is 10.6 Å². The summed E-state index contributed by atoms with van der Waals surface area (Å²) in [5, 5.41) is 20.7. The number of nitrogens with zero attached hydrogens (tertiary/aromatic N) is 5. The molecule has 1 aromatic rings. The minimum atomic E-state index is 0.0465. The molecule has 0 saturated carbocycles. The first-order chi connectivity index (χ1) is 5.86. The fraction of sp³-hybridized carbons (Fsp3) is 0. The molecule has 0 unspecified atom stereocenters. The van der Waals surface area contributed by atoms with E-state index in [1.807, 2.05) is 0 Å². The third kappa shape index (κ3) is 1.78. The Morgan fingerprint density at radius 3 is 2.00 bits per heavy atom. The van der Waals surface area contributed by atoms with Crippen LogP contribution in [-0.4, -0.2) is 15.0 Å². The summed E-state index contributed by atoms with van der Waals surface area (Å²) >= 11 is 0. The van der Waals surface area contributed by atoms with Crippen LogP contribution in [0.3, 0.4) is 0 Å². The summed E-state index contributed by atoms with van der Waals surface area (Å²) in [6, 6.07) is 0. The second kappa shape index (κ2) is 3.68. The Labute approximate surface area is 67.7 Å². The molecule has 12 heavy (non-hydrogen) atoms. The van der Waals surface area contributed by atoms with Crippen molar-refractivity contribution in [3.05, 3.63) is 6.33 Å². The highest BCUT2D eigenvalue weighted by atomic mass is 15.2. The van der Waals surface area contributed by atoms with Crippen LogP contribution in [-0.2, 0) is 0 Å². The molecule has 1 radical (unpaired) electrons. The first-order valence-corrected chi connectivity index (χ1v) is 2.79. The normalized spacial score (nSPS) is 7.83. The van der Waals surface area contributed by atoms with Crippen molar-refractivity contribution in [2.24, 2.45) is 0 Å². The van der Waals surface area contributed by atoms with Crippen LogP contribution in [0.5, 0.6) is 0 Å². The Hall–Kier alpha value is -2.41. The van der Waals surface area contributed by atoms with Crippen LogP contribution in [0.2, 0.25) is 0 Å². The Morgan fingerprint density at radius 2 is 1.58 bits per heavy atom. The Kier molecular flexibility index (Phi) is 2.36. The lowest BCUT2D eigenvalue weighted by atomic mass is 10.8. The summed E-state index contributed by atoms with van der Waals surface area (Å²) < 4.78 is 0. The summed E-state index contributed by atoms with van der Waals surface area (Å²) in [7, 11) is 0. The van der Waals surface area contributed by atoms with E-state index < -0.39 is 0 Å². The predicted molar refractivity (Wildman–Crippen MR) is 37.1 cm³/mol. The fourth-order valence-electron chi connectivity index (χ4n) is 0.482. The van der Waals surface area contributed by atoms with Gasteiger partial charge in [0.25, 0.3) is 0 Å². The van der Waals surface area contributed by atoms with Crippen LogP contribution in [0.4, 0.5) is 11.9 Å². The lowest BCUT2D eigenvalue weighted by Gasteiger charge is -1.95. The Bertz CT molecular complexity index is 314. The highest BCUT2D eigenvalue weighted by Gasteiger charge is 1.97. The van der Waals surface area contributed by atoms with E-state index in [1.165, 1.54) is 0 Å². The molecule has 0 spiro atoms. The first-order valence-electron chi connectivity index (χ1n) is 2.79. The molecule has 1 rings (SSSR count). The summed E-state index contributed by atoms with van der Waals surface area (Å²) in [4.78, 5) is 10.6. The molecule has 0 aliphatic heterocycles. The van der Waals surface area contributed by atoms with Gasteiger partial charge in [-0.2, -0.15) is 25.5 Å². The molecule has 0 aliphatic carbocycles. The molecule has 0 saturated heterocycles. The minimum absolute atomic E-state index is 0.0465. The molecule has 0 amide bonds. The van der Waals surface area contributed by atoms with E-state index in [0.717, 1.165) is 0 Å². The highest BCUT2D eigenvalue weighted by Crippen LogP contribution is 1.98. The van der Waals surface area contributed by atoms with E-state index >= 15 is 0 Å². The number of hydrogen-bond donors (Lipinski definition) is 2. The fourth-order valence-corrected chi connectivity index (χ4v) is 0.482. The van der Waals surface area contributed by atoms with Gasteiger partial charge < -0.3 is 0 Å². The standard InChI is InChI=1S/C5H2N7/c6-1-8-4-10-3-11-5(12-4)9-2-7/h(H2,8,9,10,11,12). The monoisotopic (exact) mass is 160 g/mol. The molecule has 1 aromatic heterocycles. The van der Waals surface area contributed by atoms with Crippen molar-refractivity contribution in [2.45, 2.75) is 0 Å². The smallest absolute Gasteiger partial charge is 0.241 e. The van der Waals surface area contributed by atoms with E-state index in [4.69, 9.17) is 10.5 Å².